The zero-order chi connectivity index (χ0) is 15.1. The molecule has 1 aromatic carbocycles. The average Bonchev–Trinajstić information content (AvgIpc) is 2.36. The van der Waals surface area contributed by atoms with Gasteiger partial charge in [-0.25, -0.2) is 0 Å². The van der Waals surface area contributed by atoms with E-state index in [4.69, 9.17) is 0 Å². The molecule has 2 N–H and O–H groups in total. The van der Waals surface area contributed by atoms with Crippen LogP contribution < -0.4 is 5.32 Å². The SMILES string of the molecule is C[C@@H](CNC(=O)Cc1ccccc1[N+](=O)[O-])C[C@H](C)O. The molecule has 1 amide bonds. The average molecular weight is 280 g/mol. The first-order valence-electron chi connectivity index (χ1n) is 6.57. The van der Waals surface area contributed by atoms with Gasteiger partial charge in [-0.15, -0.1) is 0 Å². The minimum absolute atomic E-state index is 0.0153. The van der Waals surface area contributed by atoms with Gasteiger partial charge in [-0.3, -0.25) is 14.9 Å². The van der Waals surface area contributed by atoms with Crippen LogP contribution >= 0.6 is 0 Å². The Morgan fingerprint density at radius 2 is 2.05 bits per heavy atom. The largest absolute Gasteiger partial charge is 0.393 e. The van der Waals surface area contributed by atoms with Crippen molar-refractivity contribution in [2.75, 3.05) is 6.54 Å². The maximum absolute atomic E-state index is 11.8. The van der Waals surface area contributed by atoms with Crippen molar-refractivity contribution in [2.24, 2.45) is 5.92 Å². The monoisotopic (exact) mass is 280 g/mol. The van der Waals surface area contributed by atoms with E-state index in [9.17, 15) is 20.0 Å². The molecule has 0 bridgehead atoms. The predicted molar refractivity (Wildman–Crippen MR) is 75.3 cm³/mol. The summed E-state index contributed by atoms with van der Waals surface area (Å²) >= 11 is 0. The van der Waals surface area contributed by atoms with Gasteiger partial charge in [0.05, 0.1) is 17.4 Å². The van der Waals surface area contributed by atoms with Crippen LogP contribution in [0, 0.1) is 16.0 Å². The molecule has 6 nitrogen and oxygen atoms in total. The Balaban J connectivity index is 2.53. The number of nitro benzene ring substituents is 1. The molecule has 0 fully saturated rings. The van der Waals surface area contributed by atoms with Gasteiger partial charge in [0.25, 0.3) is 5.69 Å². The summed E-state index contributed by atoms with van der Waals surface area (Å²) in [6, 6.07) is 6.21. The standard InChI is InChI=1S/C14H20N2O4/c1-10(7-11(2)17)9-15-14(18)8-12-5-3-4-6-13(12)16(19)20/h3-6,10-11,17H,7-9H2,1-2H3,(H,15,18)/t10-,11+/m1/s1. The number of carbonyl (C=O) groups excluding carboxylic acids is 1. The molecule has 0 unspecified atom stereocenters. The van der Waals surface area contributed by atoms with Crippen LogP contribution in [0.15, 0.2) is 24.3 Å². The molecular formula is C14H20N2O4. The van der Waals surface area contributed by atoms with Gasteiger partial charge in [-0.2, -0.15) is 0 Å². The fraction of sp³-hybridized carbons (Fsp3) is 0.500. The van der Waals surface area contributed by atoms with Gasteiger partial charge in [-0.1, -0.05) is 25.1 Å². The van der Waals surface area contributed by atoms with Crippen molar-refractivity contribution < 1.29 is 14.8 Å². The third-order valence-electron chi connectivity index (χ3n) is 2.93. The molecule has 6 heteroatoms. The Bertz CT molecular complexity index is 474. The first kappa shape index (κ1) is 16.1. The highest BCUT2D eigenvalue weighted by Crippen LogP contribution is 2.18. The lowest BCUT2D eigenvalue weighted by Gasteiger charge is -2.14. The van der Waals surface area contributed by atoms with Crippen LogP contribution in [0.4, 0.5) is 5.69 Å². The molecule has 0 aliphatic heterocycles. The van der Waals surface area contributed by atoms with Gasteiger partial charge in [-0.05, 0) is 19.3 Å². The minimum Gasteiger partial charge on any atom is -0.393 e. The summed E-state index contributed by atoms with van der Waals surface area (Å²) in [6.45, 7) is 4.08. The Morgan fingerprint density at radius 3 is 2.65 bits per heavy atom. The van der Waals surface area contributed by atoms with Gasteiger partial charge in [0, 0.05) is 18.2 Å². The van der Waals surface area contributed by atoms with Crippen molar-refractivity contribution in [3.8, 4) is 0 Å². The lowest BCUT2D eigenvalue weighted by molar-refractivity contribution is -0.385. The first-order valence-corrected chi connectivity index (χ1v) is 6.57. The highest BCUT2D eigenvalue weighted by molar-refractivity contribution is 5.79. The molecule has 0 heterocycles. The molecule has 0 spiro atoms. The zero-order valence-corrected chi connectivity index (χ0v) is 11.7. The normalized spacial score (nSPS) is 13.6. The molecule has 0 saturated heterocycles. The maximum Gasteiger partial charge on any atom is 0.273 e. The molecule has 0 aliphatic rings. The highest BCUT2D eigenvalue weighted by Gasteiger charge is 2.16. The summed E-state index contributed by atoms with van der Waals surface area (Å²) in [5.74, 6) is -0.0959. The summed E-state index contributed by atoms with van der Waals surface area (Å²) in [5.41, 5.74) is 0.359. The number of nitrogens with zero attached hydrogens (tertiary/aromatic N) is 1. The fourth-order valence-corrected chi connectivity index (χ4v) is 2.03. The number of nitrogens with one attached hydrogen (secondary N) is 1. The van der Waals surface area contributed by atoms with Gasteiger partial charge < -0.3 is 10.4 Å². The predicted octanol–water partition coefficient (Wildman–Crippen LogP) is 1.66. The number of nitro groups is 1. The van der Waals surface area contributed by atoms with Crippen LogP contribution in [0.25, 0.3) is 0 Å². The molecular weight excluding hydrogens is 260 g/mol. The number of rotatable bonds is 7. The fourth-order valence-electron chi connectivity index (χ4n) is 2.03. The molecule has 0 saturated carbocycles. The number of amides is 1. The smallest absolute Gasteiger partial charge is 0.273 e. The van der Waals surface area contributed by atoms with E-state index in [0.717, 1.165) is 0 Å². The number of aliphatic hydroxyl groups is 1. The van der Waals surface area contributed by atoms with Crippen molar-refractivity contribution in [1.29, 1.82) is 0 Å². The van der Waals surface area contributed by atoms with E-state index in [0.29, 0.717) is 18.5 Å². The molecule has 1 rings (SSSR count). The summed E-state index contributed by atoms with van der Waals surface area (Å²) < 4.78 is 0. The number of carbonyl (C=O) groups is 1. The van der Waals surface area contributed by atoms with Crippen LogP contribution in [-0.2, 0) is 11.2 Å². The lowest BCUT2D eigenvalue weighted by atomic mass is 10.0. The molecule has 1 aromatic rings. The van der Waals surface area contributed by atoms with Crippen LogP contribution in [0.5, 0.6) is 0 Å². The molecule has 0 aliphatic carbocycles. The zero-order valence-electron chi connectivity index (χ0n) is 11.7. The second-order valence-electron chi connectivity index (χ2n) is 5.06. The second-order valence-corrected chi connectivity index (χ2v) is 5.06. The number of hydrogen-bond acceptors (Lipinski definition) is 4. The molecule has 110 valence electrons. The Kier molecular flexibility index (Phi) is 6.11. The molecule has 0 aromatic heterocycles. The van der Waals surface area contributed by atoms with Crippen LogP contribution in [0.3, 0.4) is 0 Å². The number of para-hydroxylation sites is 1. The molecule has 2 atom stereocenters. The topological polar surface area (TPSA) is 92.5 Å². The van der Waals surface area contributed by atoms with Crippen molar-refractivity contribution in [3.05, 3.63) is 39.9 Å². The summed E-state index contributed by atoms with van der Waals surface area (Å²) in [5, 5.41) is 22.8. The Labute approximate surface area is 118 Å². The lowest BCUT2D eigenvalue weighted by Crippen LogP contribution is -2.30. The van der Waals surface area contributed by atoms with E-state index in [1.165, 1.54) is 6.07 Å². The third kappa shape index (κ3) is 5.36. The van der Waals surface area contributed by atoms with Crippen LogP contribution in [-0.4, -0.2) is 28.6 Å². The Morgan fingerprint density at radius 1 is 1.40 bits per heavy atom. The molecule has 20 heavy (non-hydrogen) atoms. The van der Waals surface area contributed by atoms with Crippen LogP contribution in [0.2, 0.25) is 0 Å². The number of hydrogen-bond donors (Lipinski definition) is 2. The summed E-state index contributed by atoms with van der Waals surface area (Å²) in [6.07, 6.45) is 0.182. The van der Waals surface area contributed by atoms with Gasteiger partial charge in [0.1, 0.15) is 0 Å². The van der Waals surface area contributed by atoms with Crippen LogP contribution in [0.1, 0.15) is 25.8 Å². The van der Waals surface area contributed by atoms with E-state index in [1.54, 1.807) is 25.1 Å². The summed E-state index contributed by atoms with van der Waals surface area (Å²) in [7, 11) is 0. The van der Waals surface area contributed by atoms with Crippen molar-refractivity contribution in [1.82, 2.24) is 5.32 Å². The quantitative estimate of drug-likeness (QED) is 0.587. The first-order chi connectivity index (χ1) is 9.40. The minimum atomic E-state index is -0.487. The van der Waals surface area contributed by atoms with E-state index in [1.807, 2.05) is 6.92 Å². The molecule has 0 radical (unpaired) electrons. The van der Waals surface area contributed by atoms with Crippen molar-refractivity contribution >= 4 is 11.6 Å². The Hall–Kier alpha value is -1.95. The summed E-state index contributed by atoms with van der Waals surface area (Å²) in [4.78, 5) is 22.1. The van der Waals surface area contributed by atoms with E-state index in [2.05, 4.69) is 5.32 Å². The highest BCUT2D eigenvalue weighted by atomic mass is 16.6. The van der Waals surface area contributed by atoms with E-state index >= 15 is 0 Å². The maximum atomic E-state index is 11.8. The second kappa shape index (κ2) is 7.59. The van der Waals surface area contributed by atoms with Gasteiger partial charge in [0.15, 0.2) is 0 Å². The van der Waals surface area contributed by atoms with E-state index in [-0.39, 0.29) is 23.9 Å². The van der Waals surface area contributed by atoms with Gasteiger partial charge in [0.2, 0.25) is 5.91 Å². The third-order valence-corrected chi connectivity index (χ3v) is 2.93. The van der Waals surface area contributed by atoms with Crippen molar-refractivity contribution in [2.45, 2.75) is 32.8 Å². The van der Waals surface area contributed by atoms with Crippen molar-refractivity contribution in [3.63, 3.8) is 0 Å². The van der Waals surface area contributed by atoms with E-state index < -0.39 is 11.0 Å². The number of aliphatic hydroxyl groups excluding tert-OH is 1. The number of benzene rings is 1. The van der Waals surface area contributed by atoms with Gasteiger partial charge >= 0.3 is 0 Å².